The van der Waals surface area contributed by atoms with Gasteiger partial charge in [0.15, 0.2) is 0 Å². The molecule has 8 heteroatoms. The Labute approximate surface area is 260 Å². The highest BCUT2D eigenvalue weighted by atomic mass is 16.5. The van der Waals surface area contributed by atoms with Crippen molar-refractivity contribution in [3.05, 3.63) is 119 Å². The van der Waals surface area contributed by atoms with Crippen LogP contribution in [0.5, 0.6) is 11.5 Å². The van der Waals surface area contributed by atoms with Crippen LogP contribution in [-0.2, 0) is 19.2 Å². The van der Waals surface area contributed by atoms with Gasteiger partial charge in [-0.2, -0.15) is 0 Å². The van der Waals surface area contributed by atoms with Gasteiger partial charge in [0.25, 0.3) is 0 Å². The first-order valence-electron chi connectivity index (χ1n) is 15.2. The minimum atomic E-state index is -0.622. The van der Waals surface area contributed by atoms with E-state index < -0.39 is 23.7 Å². The lowest BCUT2D eigenvalue weighted by atomic mass is 9.55. The molecule has 4 aromatic carbocycles. The first-order chi connectivity index (χ1) is 21.9. The Morgan fingerprint density at radius 3 is 1.78 bits per heavy atom. The number of hydrogen-bond acceptors (Lipinski definition) is 6. The molecular weight excluding hydrogens is 568 g/mol. The van der Waals surface area contributed by atoms with Crippen molar-refractivity contribution < 1.29 is 28.7 Å². The minimum Gasteiger partial charge on any atom is -0.497 e. The molecule has 3 atom stereocenters. The van der Waals surface area contributed by atoms with Crippen molar-refractivity contribution in [2.75, 3.05) is 23.5 Å². The molecule has 2 aliphatic heterocycles. The standard InChI is InChI=1S/C37H30N2O6/c1-20-17-24(45-37(43)21-18-30(40)38(19-21)22-11-13-23(44-2)14-12-22)15-16-29(20)39-35(41)33-31-25-7-3-4-8-26(25)32(34(33)36(39)42)28-10-6-5-9-27(28)31/h3-17,21,31-34H,18-19H2,1-2H3/t21-,31?,32?,33-,34+/m0/s1. The zero-order chi connectivity index (χ0) is 31.0. The number of anilines is 2. The van der Waals surface area contributed by atoms with Gasteiger partial charge in [-0.15, -0.1) is 0 Å². The van der Waals surface area contributed by atoms with Crippen molar-refractivity contribution in [2.45, 2.75) is 25.2 Å². The van der Waals surface area contributed by atoms with E-state index in [9.17, 15) is 19.2 Å². The number of imide groups is 1. The third kappa shape index (κ3) is 4.05. The number of carbonyl (C=O) groups is 4. The van der Waals surface area contributed by atoms with Crippen LogP contribution >= 0.6 is 0 Å². The highest BCUT2D eigenvalue weighted by Crippen LogP contribution is 2.61. The van der Waals surface area contributed by atoms with Crippen molar-refractivity contribution in [1.29, 1.82) is 0 Å². The smallest absolute Gasteiger partial charge is 0.316 e. The molecule has 0 spiro atoms. The maximum Gasteiger partial charge on any atom is 0.316 e. The molecule has 8 nitrogen and oxygen atoms in total. The topological polar surface area (TPSA) is 93.2 Å². The van der Waals surface area contributed by atoms with E-state index in [-0.39, 0.29) is 42.5 Å². The Hall–Kier alpha value is -5.24. The van der Waals surface area contributed by atoms with E-state index in [0.717, 1.165) is 22.3 Å². The molecular formula is C37H30N2O6. The molecule has 2 bridgehead atoms. The van der Waals surface area contributed by atoms with Crippen molar-refractivity contribution >= 4 is 35.1 Å². The quantitative estimate of drug-likeness (QED) is 0.175. The van der Waals surface area contributed by atoms with E-state index >= 15 is 0 Å². The van der Waals surface area contributed by atoms with Crippen molar-refractivity contribution in [2.24, 2.45) is 17.8 Å². The number of amides is 3. The summed E-state index contributed by atoms with van der Waals surface area (Å²) >= 11 is 0. The summed E-state index contributed by atoms with van der Waals surface area (Å²) in [6.07, 6.45) is 0.0502. The van der Waals surface area contributed by atoms with Gasteiger partial charge >= 0.3 is 5.97 Å². The maximum absolute atomic E-state index is 14.1. The zero-order valence-corrected chi connectivity index (χ0v) is 24.8. The van der Waals surface area contributed by atoms with Crippen molar-refractivity contribution in [3.63, 3.8) is 0 Å². The van der Waals surface area contributed by atoms with Crippen LogP contribution in [0.1, 0.15) is 46.1 Å². The van der Waals surface area contributed by atoms with Crippen LogP contribution in [0.2, 0.25) is 0 Å². The van der Waals surface area contributed by atoms with Crippen LogP contribution in [-0.4, -0.2) is 37.3 Å². The van der Waals surface area contributed by atoms with E-state index in [2.05, 4.69) is 24.3 Å². The van der Waals surface area contributed by atoms with Crippen LogP contribution in [0, 0.1) is 24.7 Å². The van der Waals surface area contributed by atoms with Gasteiger partial charge in [0.05, 0.1) is 30.6 Å². The molecule has 5 aliphatic rings. The lowest BCUT2D eigenvalue weighted by Crippen LogP contribution is -2.41. The van der Waals surface area contributed by atoms with Crippen molar-refractivity contribution in [1.82, 2.24) is 0 Å². The highest BCUT2D eigenvalue weighted by molar-refractivity contribution is 6.23. The summed E-state index contributed by atoms with van der Waals surface area (Å²) in [7, 11) is 1.57. The molecule has 0 unspecified atom stereocenters. The van der Waals surface area contributed by atoms with Gasteiger partial charge in [0.2, 0.25) is 17.7 Å². The highest BCUT2D eigenvalue weighted by Gasteiger charge is 2.61. The van der Waals surface area contributed by atoms with Gasteiger partial charge in [0.1, 0.15) is 11.5 Å². The zero-order valence-electron chi connectivity index (χ0n) is 24.8. The van der Waals surface area contributed by atoms with Gasteiger partial charge in [0, 0.05) is 30.5 Å². The molecule has 45 heavy (non-hydrogen) atoms. The summed E-state index contributed by atoms with van der Waals surface area (Å²) in [5.41, 5.74) is 6.33. The van der Waals surface area contributed by atoms with E-state index in [4.69, 9.17) is 9.47 Å². The Morgan fingerprint density at radius 2 is 1.27 bits per heavy atom. The van der Waals surface area contributed by atoms with Gasteiger partial charge in [-0.25, -0.2) is 4.90 Å². The molecule has 3 aliphatic carbocycles. The Bertz CT molecular complexity index is 1800. The second kappa shape index (κ2) is 10.2. The largest absolute Gasteiger partial charge is 0.497 e. The Kier molecular flexibility index (Phi) is 6.17. The molecule has 4 aromatic rings. The molecule has 0 N–H and O–H groups in total. The molecule has 2 heterocycles. The fourth-order valence-electron chi connectivity index (χ4n) is 7.93. The number of esters is 1. The van der Waals surface area contributed by atoms with E-state index in [0.29, 0.717) is 28.4 Å². The molecule has 0 aromatic heterocycles. The van der Waals surface area contributed by atoms with Crippen LogP contribution in [0.4, 0.5) is 11.4 Å². The summed E-state index contributed by atoms with van der Waals surface area (Å²) < 4.78 is 10.9. The van der Waals surface area contributed by atoms with Crippen LogP contribution < -0.4 is 19.3 Å². The molecule has 2 saturated heterocycles. The van der Waals surface area contributed by atoms with Gasteiger partial charge in [-0.1, -0.05) is 48.5 Å². The normalized spacial score (nSPS) is 24.4. The third-order valence-electron chi connectivity index (χ3n) is 9.92. The number of ether oxygens (including phenoxy) is 2. The average Bonchev–Trinajstić information content (AvgIpc) is 3.58. The lowest BCUT2D eigenvalue weighted by molar-refractivity contribution is -0.139. The molecule has 224 valence electrons. The summed E-state index contributed by atoms with van der Waals surface area (Å²) in [5, 5.41) is 0. The van der Waals surface area contributed by atoms with Crippen LogP contribution in [0.25, 0.3) is 0 Å². The van der Waals surface area contributed by atoms with E-state index in [1.54, 1.807) is 61.4 Å². The lowest BCUT2D eigenvalue weighted by Gasteiger charge is -2.45. The second-order valence-corrected chi connectivity index (χ2v) is 12.2. The summed E-state index contributed by atoms with van der Waals surface area (Å²) in [6, 6.07) is 28.4. The monoisotopic (exact) mass is 598 g/mol. The molecule has 3 amide bonds. The fourth-order valence-corrected chi connectivity index (χ4v) is 7.93. The van der Waals surface area contributed by atoms with Crippen LogP contribution in [0.3, 0.4) is 0 Å². The number of benzene rings is 4. The molecule has 0 saturated carbocycles. The summed E-state index contributed by atoms with van der Waals surface area (Å²) in [5.74, 6) is -2.00. The molecule has 0 radical (unpaired) electrons. The number of nitrogens with zero attached hydrogens (tertiary/aromatic N) is 2. The second-order valence-electron chi connectivity index (χ2n) is 12.2. The third-order valence-corrected chi connectivity index (χ3v) is 9.92. The number of rotatable bonds is 5. The minimum absolute atomic E-state index is 0.0502. The predicted octanol–water partition coefficient (Wildman–Crippen LogP) is 5.36. The first kappa shape index (κ1) is 27.3. The first-order valence-corrected chi connectivity index (χ1v) is 15.2. The number of carbonyl (C=O) groups excluding carboxylic acids is 4. The Balaban J connectivity index is 1.03. The van der Waals surface area contributed by atoms with Crippen LogP contribution in [0.15, 0.2) is 91.0 Å². The summed E-state index contributed by atoms with van der Waals surface area (Å²) in [4.78, 5) is 57.0. The average molecular weight is 599 g/mol. The number of hydrogen-bond donors (Lipinski definition) is 0. The SMILES string of the molecule is COc1ccc(N2C[C@@H](C(=O)Oc3ccc(N4C(=O)[C@@H]5C6c7ccccc7C(c7ccccc76)[C@@H]5C4=O)c(C)c3)CC2=O)cc1. The van der Waals surface area contributed by atoms with Gasteiger partial charge in [-0.3, -0.25) is 19.2 Å². The fraction of sp³-hybridized carbons (Fsp3) is 0.243. The number of methoxy groups -OCH3 is 1. The van der Waals surface area contributed by atoms with Crippen molar-refractivity contribution in [3.8, 4) is 11.5 Å². The van der Waals surface area contributed by atoms with Gasteiger partial charge < -0.3 is 14.4 Å². The van der Waals surface area contributed by atoms with E-state index in [1.165, 1.54) is 4.90 Å². The maximum atomic E-state index is 14.1. The predicted molar refractivity (Wildman–Crippen MR) is 166 cm³/mol. The van der Waals surface area contributed by atoms with Gasteiger partial charge in [-0.05, 0) is 77.2 Å². The number of aryl methyl sites for hydroxylation is 1. The van der Waals surface area contributed by atoms with E-state index in [1.807, 2.05) is 24.3 Å². The summed E-state index contributed by atoms with van der Waals surface area (Å²) in [6.45, 7) is 2.02. The Morgan fingerprint density at radius 1 is 0.733 bits per heavy atom. The molecule has 2 fully saturated rings. The molecule has 9 rings (SSSR count).